The van der Waals surface area contributed by atoms with Gasteiger partial charge in [0.25, 0.3) is 5.89 Å². The first-order chi connectivity index (χ1) is 14.3. The molecule has 0 saturated heterocycles. The van der Waals surface area contributed by atoms with Gasteiger partial charge >= 0.3 is 0 Å². The third-order valence-corrected chi connectivity index (χ3v) is 5.30. The second-order valence-corrected chi connectivity index (χ2v) is 7.54. The van der Waals surface area contributed by atoms with E-state index in [1.54, 1.807) is 7.11 Å². The molecule has 1 heterocycles. The highest BCUT2D eigenvalue weighted by Crippen LogP contribution is 2.22. The Hall–Kier alpha value is -2.62. The molecule has 3 rings (SSSR count). The van der Waals surface area contributed by atoms with Crippen molar-refractivity contribution >= 4 is 0 Å². The van der Waals surface area contributed by atoms with Crippen LogP contribution in [0, 0.1) is 0 Å². The highest BCUT2D eigenvalue weighted by atomic mass is 16.5. The van der Waals surface area contributed by atoms with Crippen LogP contribution in [0.3, 0.4) is 0 Å². The Labute approximate surface area is 174 Å². The molecule has 0 bridgehead atoms. The lowest BCUT2D eigenvalue weighted by molar-refractivity contribution is 0.409. The molecule has 0 radical (unpaired) electrons. The summed E-state index contributed by atoms with van der Waals surface area (Å²) in [6.45, 7) is 2.24. The van der Waals surface area contributed by atoms with Crippen molar-refractivity contribution in [2.75, 3.05) is 7.11 Å². The number of aromatic nitrogens is 2. The Kier molecular flexibility index (Phi) is 8.29. The van der Waals surface area contributed by atoms with Gasteiger partial charge in [0.15, 0.2) is 5.82 Å². The lowest BCUT2D eigenvalue weighted by atomic mass is 10.0. The summed E-state index contributed by atoms with van der Waals surface area (Å²) in [5.74, 6) is 2.38. The highest BCUT2D eigenvalue weighted by molar-refractivity contribution is 5.53. The maximum atomic E-state index is 5.47. The molecule has 154 valence electrons. The van der Waals surface area contributed by atoms with Crippen molar-refractivity contribution in [1.82, 2.24) is 10.1 Å². The third-order valence-electron chi connectivity index (χ3n) is 5.30. The summed E-state index contributed by atoms with van der Waals surface area (Å²) in [6.07, 6.45) is 10.4. The summed E-state index contributed by atoms with van der Waals surface area (Å²) in [6, 6.07) is 16.6. The van der Waals surface area contributed by atoms with Crippen molar-refractivity contribution in [1.29, 1.82) is 0 Å². The molecule has 0 fully saturated rings. The number of hydrogen-bond acceptors (Lipinski definition) is 4. The van der Waals surface area contributed by atoms with Crippen molar-refractivity contribution in [3.63, 3.8) is 0 Å². The van der Waals surface area contributed by atoms with Crippen LogP contribution in [-0.4, -0.2) is 17.3 Å². The van der Waals surface area contributed by atoms with Crippen LogP contribution in [0.4, 0.5) is 0 Å². The van der Waals surface area contributed by atoms with Gasteiger partial charge in [-0.1, -0.05) is 74.5 Å². The number of hydrogen-bond donors (Lipinski definition) is 0. The number of unbranched alkanes of at least 4 members (excludes halogenated alkanes) is 5. The van der Waals surface area contributed by atoms with Gasteiger partial charge in [-0.15, -0.1) is 0 Å². The predicted molar refractivity (Wildman–Crippen MR) is 117 cm³/mol. The normalized spacial score (nSPS) is 11.0. The zero-order valence-corrected chi connectivity index (χ0v) is 17.7. The highest BCUT2D eigenvalue weighted by Gasteiger charge is 2.09. The number of nitrogens with zero attached hydrogens (tertiary/aromatic N) is 2. The molecule has 0 aliphatic carbocycles. The number of benzene rings is 2. The molecule has 0 saturated carbocycles. The first-order valence-corrected chi connectivity index (χ1v) is 10.8. The largest absolute Gasteiger partial charge is 0.496 e. The maximum absolute atomic E-state index is 5.47. The average Bonchev–Trinajstić information content (AvgIpc) is 3.24. The minimum atomic E-state index is 0.613. The van der Waals surface area contributed by atoms with Crippen LogP contribution in [-0.2, 0) is 19.3 Å². The second kappa shape index (κ2) is 11.4. The van der Waals surface area contributed by atoms with E-state index >= 15 is 0 Å². The zero-order chi connectivity index (χ0) is 20.3. The molecule has 0 unspecified atom stereocenters. The van der Waals surface area contributed by atoms with Crippen molar-refractivity contribution in [2.45, 2.75) is 64.7 Å². The number of aryl methyl sites for hydroxylation is 3. The fraction of sp³-hybridized carbons (Fsp3) is 0.440. The Morgan fingerprint density at radius 1 is 0.828 bits per heavy atom. The van der Waals surface area contributed by atoms with Gasteiger partial charge in [0.2, 0.25) is 0 Å². The fourth-order valence-corrected chi connectivity index (χ4v) is 3.54. The van der Waals surface area contributed by atoms with E-state index in [0.717, 1.165) is 42.8 Å². The molecule has 0 aliphatic heterocycles. The molecule has 0 amide bonds. The van der Waals surface area contributed by atoms with Crippen molar-refractivity contribution in [3.8, 4) is 17.2 Å². The fourth-order valence-electron chi connectivity index (χ4n) is 3.54. The van der Waals surface area contributed by atoms with Crippen LogP contribution < -0.4 is 4.74 Å². The summed E-state index contributed by atoms with van der Waals surface area (Å²) in [5.41, 5.74) is 3.49. The molecule has 0 atom stereocenters. The molecule has 29 heavy (non-hydrogen) atoms. The molecule has 4 heteroatoms. The van der Waals surface area contributed by atoms with Crippen LogP contribution >= 0.6 is 0 Å². The Bertz CT molecular complexity index is 855. The van der Waals surface area contributed by atoms with E-state index in [-0.39, 0.29) is 0 Å². The van der Waals surface area contributed by atoms with Crippen molar-refractivity contribution in [3.05, 3.63) is 65.5 Å². The minimum absolute atomic E-state index is 0.613. The summed E-state index contributed by atoms with van der Waals surface area (Å²) in [4.78, 5) is 4.57. The van der Waals surface area contributed by atoms with Gasteiger partial charge in [0, 0.05) is 12.0 Å². The van der Waals surface area contributed by atoms with E-state index in [9.17, 15) is 0 Å². The standard InChI is InChI=1S/C25H32N2O2/c1-3-4-5-6-7-8-13-24-26-25(29-27-24)22-18-15-20(16-19-22)14-17-21-11-9-10-12-23(21)28-2/h9-12,15-16,18-19H,3-8,13-14,17H2,1-2H3. The molecule has 0 N–H and O–H groups in total. The lowest BCUT2D eigenvalue weighted by Gasteiger charge is -2.08. The monoisotopic (exact) mass is 392 g/mol. The molecular weight excluding hydrogens is 360 g/mol. The number of rotatable bonds is 12. The predicted octanol–water partition coefficient (Wildman–Crippen LogP) is 6.43. The molecule has 2 aromatic carbocycles. The summed E-state index contributed by atoms with van der Waals surface area (Å²) in [7, 11) is 1.72. The SMILES string of the molecule is CCCCCCCCc1noc(-c2ccc(CCc3ccccc3OC)cc2)n1. The van der Waals surface area contributed by atoms with E-state index in [0.29, 0.717) is 5.89 Å². The van der Waals surface area contributed by atoms with Crippen LogP contribution in [0.1, 0.15) is 62.4 Å². The van der Waals surface area contributed by atoms with E-state index in [2.05, 4.69) is 53.5 Å². The van der Waals surface area contributed by atoms with E-state index in [1.165, 1.54) is 43.2 Å². The molecule has 3 aromatic rings. The second-order valence-electron chi connectivity index (χ2n) is 7.54. The van der Waals surface area contributed by atoms with Crippen molar-refractivity contribution < 1.29 is 9.26 Å². The van der Waals surface area contributed by atoms with Crippen LogP contribution in [0.15, 0.2) is 53.1 Å². The smallest absolute Gasteiger partial charge is 0.257 e. The first kappa shape index (κ1) is 21.1. The number of para-hydroxylation sites is 1. The molecular formula is C25H32N2O2. The zero-order valence-electron chi connectivity index (χ0n) is 17.7. The van der Waals surface area contributed by atoms with Gasteiger partial charge in [-0.3, -0.25) is 0 Å². The van der Waals surface area contributed by atoms with Gasteiger partial charge in [0.05, 0.1) is 7.11 Å². The number of methoxy groups -OCH3 is 1. The Morgan fingerprint density at radius 3 is 2.38 bits per heavy atom. The van der Waals surface area contributed by atoms with Gasteiger partial charge in [-0.05, 0) is 48.6 Å². The molecule has 0 aliphatic rings. The average molecular weight is 393 g/mol. The van der Waals surface area contributed by atoms with Crippen molar-refractivity contribution in [2.24, 2.45) is 0 Å². The van der Waals surface area contributed by atoms with Crippen LogP contribution in [0.25, 0.3) is 11.5 Å². The summed E-state index contributed by atoms with van der Waals surface area (Å²) >= 11 is 0. The molecule has 1 aromatic heterocycles. The van der Waals surface area contributed by atoms with Gasteiger partial charge in [0.1, 0.15) is 5.75 Å². The van der Waals surface area contributed by atoms with E-state index < -0.39 is 0 Å². The van der Waals surface area contributed by atoms with E-state index in [4.69, 9.17) is 9.26 Å². The Morgan fingerprint density at radius 2 is 1.59 bits per heavy atom. The topological polar surface area (TPSA) is 48.2 Å². The Balaban J connectivity index is 1.49. The van der Waals surface area contributed by atoms with Crippen LogP contribution in [0.5, 0.6) is 5.75 Å². The minimum Gasteiger partial charge on any atom is -0.496 e. The van der Waals surface area contributed by atoms with E-state index in [1.807, 2.05) is 12.1 Å². The molecule has 0 spiro atoms. The maximum Gasteiger partial charge on any atom is 0.257 e. The summed E-state index contributed by atoms with van der Waals surface area (Å²) in [5, 5.41) is 4.14. The van der Waals surface area contributed by atoms with Crippen LogP contribution in [0.2, 0.25) is 0 Å². The molecule has 4 nitrogen and oxygen atoms in total. The summed E-state index contributed by atoms with van der Waals surface area (Å²) < 4.78 is 10.9. The first-order valence-electron chi connectivity index (χ1n) is 10.8. The van der Waals surface area contributed by atoms with Gasteiger partial charge < -0.3 is 9.26 Å². The lowest BCUT2D eigenvalue weighted by Crippen LogP contribution is -1.95. The van der Waals surface area contributed by atoms with Gasteiger partial charge in [-0.25, -0.2) is 0 Å². The third kappa shape index (κ3) is 6.45. The van der Waals surface area contributed by atoms with Gasteiger partial charge in [-0.2, -0.15) is 4.98 Å². The quantitative estimate of drug-likeness (QED) is 0.333. The number of ether oxygens (including phenoxy) is 1.